The van der Waals surface area contributed by atoms with Gasteiger partial charge in [-0.3, -0.25) is 4.98 Å². The third kappa shape index (κ3) is 3.24. The molecule has 0 aliphatic carbocycles. The van der Waals surface area contributed by atoms with Gasteiger partial charge < -0.3 is 20.4 Å². The highest BCUT2D eigenvalue weighted by Crippen LogP contribution is 2.25. The normalized spacial score (nSPS) is 12.4. The quantitative estimate of drug-likeness (QED) is 0.725. The van der Waals surface area contributed by atoms with E-state index >= 15 is 0 Å². The Labute approximate surface area is 134 Å². The molecule has 0 unspecified atom stereocenters. The second-order valence-corrected chi connectivity index (χ2v) is 5.29. The summed E-state index contributed by atoms with van der Waals surface area (Å²) in [6, 6.07) is 7.77. The number of anilines is 2. The van der Waals surface area contributed by atoms with Crippen molar-refractivity contribution >= 4 is 22.8 Å². The van der Waals surface area contributed by atoms with E-state index in [0.29, 0.717) is 12.4 Å². The fourth-order valence-electron chi connectivity index (χ4n) is 2.51. The molecule has 3 rings (SSSR count). The minimum Gasteiger partial charge on any atom is -0.383 e. The van der Waals surface area contributed by atoms with E-state index in [9.17, 15) is 0 Å². The van der Waals surface area contributed by atoms with E-state index in [2.05, 4.69) is 24.8 Å². The number of rotatable bonds is 6. The molecule has 0 spiro atoms. The summed E-state index contributed by atoms with van der Waals surface area (Å²) in [7, 11) is 1.68. The van der Waals surface area contributed by atoms with Crippen molar-refractivity contribution in [3.05, 3.63) is 42.4 Å². The average Bonchev–Trinajstić information content (AvgIpc) is 2.96. The third-order valence-electron chi connectivity index (χ3n) is 3.65. The first-order valence-electron chi connectivity index (χ1n) is 7.48. The highest BCUT2D eigenvalue weighted by molar-refractivity contribution is 5.87. The second-order valence-electron chi connectivity index (χ2n) is 5.29. The van der Waals surface area contributed by atoms with Crippen LogP contribution in [-0.2, 0) is 11.3 Å². The zero-order valence-electron chi connectivity index (χ0n) is 13.2. The maximum atomic E-state index is 5.84. The summed E-state index contributed by atoms with van der Waals surface area (Å²) in [6.07, 6.45) is 3.74. The molecule has 0 aromatic carbocycles. The van der Waals surface area contributed by atoms with Gasteiger partial charge in [-0.15, -0.1) is 0 Å². The van der Waals surface area contributed by atoms with Crippen LogP contribution in [0.15, 0.2) is 36.7 Å². The lowest BCUT2D eigenvalue weighted by Gasteiger charge is -2.16. The van der Waals surface area contributed by atoms with Gasteiger partial charge in [-0.1, -0.05) is 6.07 Å². The summed E-state index contributed by atoms with van der Waals surface area (Å²) in [4.78, 5) is 13.0. The van der Waals surface area contributed by atoms with Crippen molar-refractivity contribution in [2.24, 2.45) is 0 Å². The minimum absolute atomic E-state index is 0.000486. The molecule has 120 valence electrons. The van der Waals surface area contributed by atoms with Crippen molar-refractivity contribution in [2.75, 3.05) is 24.8 Å². The zero-order chi connectivity index (χ0) is 16.2. The number of nitrogens with one attached hydrogen (secondary N) is 1. The molecule has 3 N–H and O–H groups in total. The molecule has 7 nitrogen and oxygen atoms in total. The van der Waals surface area contributed by atoms with E-state index in [-0.39, 0.29) is 12.0 Å². The molecule has 0 amide bonds. The van der Waals surface area contributed by atoms with Gasteiger partial charge in [0.1, 0.15) is 5.52 Å². The van der Waals surface area contributed by atoms with Crippen LogP contribution in [-0.4, -0.2) is 33.2 Å². The lowest BCUT2D eigenvalue weighted by atomic mass is 10.2. The summed E-state index contributed by atoms with van der Waals surface area (Å²) < 4.78 is 7.22. The van der Waals surface area contributed by atoms with Crippen molar-refractivity contribution in [3.63, 3.8) is 0 Å². The van der Waals surface area contributed by atoms with Gasteiger partial charge in [-0.25, -0.2) is 4.98 Å². The fraction of sp³-hybridized carbons (Fsp3) is 0.312. The lowest BCUT2D eigenvalue weighted by Crippen LogP contribution is -2.13. The SMILES string of the molecule is COCCn1ccc2nc(N)nc(N[C@H](C)c3ccccn3)c21. The van der Waals surface area contributed by atoms with Crippen molar-refractivity contribution in [3.8, 4) is 0 Å². The van der Waals surface area contributed by atoms with E-state index in [0.717, 1.165) is 23.3 Å². The van der Waals surface area contributed by atoms with Crippen molar-refractivity contribution < 1.29 is 4.74 Å². The maximum absolute atomic E-state index is 5.84. The summed E-state index contributed by atoms with van der Waals surface area (Å²) in [5, 5.41) is 3.39. The Morgan fingerprint density at radius 3 is 2.91 bits per heavy atom. The number of nitrogens with two attached hydrogens (primary N) is 1. The van der Waals surface area contributed by atoms with E-state index in [1.807, 2.05) is 37.4 Å². The highest BCUT2D eigenvalue weighted by Gasteiger charge is 2.14. The highest BCUT2D eigenvalue weighted by atomic mass is 16.5. The van der Waals surface area contributed by atoms with Crippen LogP contribution in [0.5, 0.6) is 0 Å². The van der Waals surface area contributed by atoms with Gasteiger partial charge >= 0.3 is 0 Å². The number of methoxy groups -OCH3 is 1. The molecule has 1 atom stereocenters. The third-order valence-corrected chi connectivity index (χ3v) is 3.65. The van der Waals surface area contributed by atoms with Gasteiger partial charge in [0.05, 0.1) is 23.9 Å². The number of hydrogen-bond acceptors (Lipinski definition) is 6. The van der Waals surface area contributed by atoms with Gasteiger partial charge in [-0.05, 0) is 25.1 Å². The maximum Gasteiger partial charge on any atom is 0.222 e. The number of fused-ring (bicyclic) bond motifs is 1. The van der Waals surface area contributed by atoms with Crippen LogP contribution in [0.1, 0.15) is 18.7 Å². The van der Waals surface area contributed by atoms with Crippen LogP contribution >= 0.6 is 0 Å². The van der Waals surface area contributed by atoms with Gasteiger partial charge in [0.2, 0.25) is 5.95 Å². The molecule has 0 bridgehead atoms. The number of pyridine rings is 1. The largest absolute Gasteiger partial charge is 0.383 e. The minimum atomic E-state index is -0.000486. The van der Waals surface area contributed by atoms with Gasteiger partial charge in [0.15, 0.2) is 5.82 Å². The first-order chi connectivity index (χ1) is 11.2. The Morgan fingerprint density at radius 2 is 2.17 bits per heavy atom. The predicted octanol–water partition coefficient (Wildman–Crippen LogP) is 2.23. The zero-order valence-corrected chi connectivity index (χ0v) is 13.2. The average molecular weight is 312 g/mol. The molecular weight excluding hydrogens is 292 g/mol. The molecule has 0 saturated carbocycles. The molecular formula is C16H20N6O. The number of hydrogen-bond donors (Lipinski definition) is 2. The predicted molar refractivity (Wildman–Crippen MR) is 90.1 cm³/mol. The van der Waals surface area contributed by atoms with Crippen LogP contribution in [0.4, 0.5) is 11.8 Å². The van der Waals surface area contributed by atoms with Crippen molar-refractivity contribution in [2.45, 2.75) is 19.5 Å². The lowest BCUT2D eigenvalue weighted by molar-refractivity contribution is 0.188. The van der Waals surface area contributed by atoms with Crippen LogP contribution in [0.25, 0.3) is 11.0 Å². The summed E-state index contributed by atoms with van der Waals surface area (Å²) in [6.45, 7) is 3.37. The van der Waals surface area contributed by atoms with E-state index < -0.39 is 0 Å². The Balaban J connectivity index is 1.96. The molecule has 0 saturated heterocycles. The summed E-state index contributed by atoms with van der Waals surface area (Å²) in [5.74, 6) is 0.949. The molecule has 0 radical (unpaired) electrons. The topological polar surface area (TPSA) is 90.9 Å². The van der Waals surface area contributed by atoms with Crippen LogP contribution in [0, 0.1) is 0 Å². The molecule has 0 fully saturated rings. The van der Waals surface area contributed by atoms with Crippen molar-refractivity contribution in [1.82, 2.24) is 19.5 Å². The molecule has 23 heavy (non-hydrogen) atoms. The van der Waals surface area contributed by atoms with Crippen molar-refractivity contribution in [1.29, 1.82) is 0 Å². The first-order valence-corrected chi connectivity index (χ1v) is 7.48. The number of aromatic nitrogens is 4. The van der Waals surface area contributed by atoms with E-state index in [1.165, 1.54) is 0 Å². The molecule has 3 aromatic heterocycles. The molecule has 3 heterocycles. The van der Waals surface area contributed by atoms with Crippen LogP contribution in [0.2, 0.25) is 0 Å². The molecule has 0 aliphatic rings. The molecule has 7 heteroatoms. The number of ether oxygens (including phenoxy) is 1. The van der Waals surface area contributed by atoms with E-state index in [1.54, 1.807) is 13.3 Å². The van der Waals surface area contributed by atoms with Crippen LogP contribution < -0.4 is 11.1 Å². The van der Waals surface area contributed by atoms with Crippen LogP contribution in [0.3, 0.4) is 0 Å². The molecule has 0 aliphatic heterocycles. The van der Waals surface area contributed by atoms with Gasteiger partial charge in [0, 0.05) is 26.0 Å². The summed E-state index contributed by atoms with van der Waals surface area (Å²) in [5.41, 5.74) is 8.50. The molecule has 3 aromatic rings. The smallest absolute Gasteiger partial charge is 0.222 e. The summed E-state index contributed by atoms with van der Waals surface area (Å²) >= 11 is 0. The second kappa shape index (κ2) is 6.62. The Morgan fingerprint density at radius 1 is 1.30 bits per heavy atom. The monoisotopic (exact) mass is 312 g/mol. The number of nitrogens with zero attached hydrogens (tertiary/aromatic N) is 4. The standard InChI is InChI=1S/C16H20N6O/c1-11(12-5-3-4-7-18-12)19-15-14-13(20-16(17)21-15)6-8-22(14)9-10-23-2/h3-8,11H,9-10H2,1-2H3,(H3,17,19,20,21)/t11-/m1/s1. The number of nitrogen functional groups attached to an aromatic ring is 1. The van der Waals surface area contributed by atoms with E-state index in [4.69, 9.17) is 10.5 Å². The first kappa shape index (κ1) is 15.2. The Hall–Kier alpha value is -2.67. The Bertz CT molecular complexity index is 786. The van der Waals surface area contributed by atoms with Gasteiger partial charge in [0.25, 0.3) is 0 Å². The fourth-order valence-corrected chi connectivity index (χ4v) is 2.51. The Kier molecular flexibility index (Phi) is 4.38. The van der Waals surface area contributed by atoms with Gasteiger partial charge in [-0.2, -0.15) is 4.98 Å².